The molecule has 0 aliphatic carbocycles. The maximum atomic E-state index is 12.1. The molecule has 2 fully saturated rings. The minimum absolute atomic E-state index is 0.0287. The molecule has 0 atom stereocenters. The predicted octanol–water partition coefficient (Wildman–Crippen LogP) is 1.93. The fourth-order valence-electron chi connectivity index (χ4n) is 2.67. The first kappa shape index (κ1) is 14.1. The minimum atomic E-state index is -0.0287. The van der Waals surface area contributed by atoms with Gasteiger partial charge in [0.25, 0.3) is 5.91 Å². The fraction of sp³-hybridized carbons (Fsp3) is 0.500. The van der Waals surface area contributed by atoms with Crippen molar-refractivity contribution in [3.05, 3.63) is 29.5 Å². The average molecular weight is 286 g/mol. The monoisotopic (exact) mass is 286 g/mol. The molecule has 0 saturated carbocycles. The van der Waals surface area contributed by atoms with Crippen LogP contribution in [0.3, 0.4) is 0 Å². The van der Waals surface area contributed by atoms with Crippen LogP contribution in [-0.2, 0) is 4.79 Å². The van der Waals surface area contributed by atoms with Gasteiger partial charge in [-0.25, -0.2) is 4.98 Å². The molecule has 0 spiro atoms. The highest BCUT2D eigenvalue weighted by Gasteiger charge is 2.16. The Morgan fingerprint density at radius 2 is 2.00 bits per heavy atom. The van der Waals surface area contributed by atoms with Crippen molar-refractivity contribution in [2.45, 2.75) is 26.2 Å². The molecule has 0 aromatic carbocycles. The summed E-state index contributed by atoms with van der Waals surface area (Å²) in [6, 6.07) is 3.93. The number of nitrogens with one attached hydrogen (secondary N) is 2. The van der Waals surface area contributed by atoms with Gasteiger partial charge in [0.1, 0.15) is 5.82 Å². The van der Waals surface area contributed by atoms with Crippen LogP contribution in [0.4, 0.5) is 11.5 Å². The molecule has 21 heavy (non-hydrogen) atoms. The van der Waals surface area contributed by atoms with Crippen LogP contribution in [-0.4, -0.2) is 37.1 Å². The molecule has 0 unspecified atom stereocenters. The first-order valence-corrected chi connectivity index (χ1v) is 7.66. The Bertz CT molecular complexity index is 538. The third-order valence-corrected chi connectivity index (χ3v) is 4.23. The molecule has 3 heterocycles. The number of hydrogen-bond donors (Lipinski definition) is 2. The van der Waals surface area contributed by atoms with Crippen LogP contribution in [0.1, 0.15) is 26.2 Å². The maximum Gasteiger partial charge on any atom is 0.251 e. The van der Waals surface area contributed by atoms with E-state index in [1.54, 1.807) is 6.20 Å². The Balaban J connectivity index is 1.62. The number of nitrogens with zero attached hydrogens (tertiary/aromatic N) is 2. The van der Waals surface area contributed by atoms with Crippen molar-refractivity contribution in [1.29, 1.82) is 0 Å². The Morgan fingerprint density at radius 3 is 2.57 bits per heavy atom. The van der Waals surface area contributed by atoms with Crippen LogP contribution in [0.2, 0.25) is 0 Å². The number of carbonyl (C=O) groups is 1. The van der Waals surface area contributed by atoms with Crippen LogP contribution in [0.25, 0.3) is 0 Å². The van der Waals surface area contributed by atoms with Gasteiger partial charge in [-0.2, -0.15) is 0 Å². The van der Waals surface area contributed by atoms with E-state index in [4.69, 9.17) is 0 Å². The number of aromatic nitrogens is 1. The number of piperidine rings is 1. The molecule has 1 amide bonds. The minimum Gasteiger partial charge on any atom is -0.357 e. The van der Waals surface area contributed by atoms with Crippen molar-refractivity contribution in [1.82, 2.24) is 10.3 Å². The quantitative estimate of drug-likeness (QED) is 0.834. The average Bonchev–Trinajstić information content (AvgIpc) is 2.47. The molecule has 0 bridgehead atoms. The highest BCUT2D eigenvalue weighted by atomic mass is 16.1. The van der Waals surface area contributed by atoms with Gasteiger partial charge in [-0.3, -0.25) is 4.79 Å². The van der Waals surface area contributed by atoms with Crippen LogP contribution in [0.15, 0.2) is 29.5 Å². The zero-order valence-electron chi connectivity index (χ0n) is 12.5. The molecule has 1 aromatic heterocycles. The van der Waals surface area contributed by atoms with Crippen LogP contribution < -0.4 is 15.5 Å². The van der Waals surface area contributed by atoms with Gasteiger partial charge in [-0.15, -0.1) is 0 Å². The summed E-state index contributed by atoms with van der Waals surface area (Å²) in [5.41, 5.74) is 2.76. The largest absolute Gasteiger partial charge is 0.357 e. The van der Waals surface area contributed by atoms with Crippen molar-refractivity contribution < 1.29 is 4.79 Å². The van der Waals surface area contributed by atoms with Crippen molar-refractivity contribution in [3.63, 3.8) is 0 Å². The number of carbonyl (C=O) groups excluding carboxylic acids is 1. The molecule has 5 heteroatoms. The van der Waals surface area contributed by atoms with Gasteiger partial charge in [0, 0.05) is 31.8 Å². The molecule has 3 rings (SSSR count). The Morgan fingerprint density at radius 1 is 1.24 bits per heavy atom. The summed E-state index contributed by atoms with van der Waals surface area (Å²) in [7, 11) is 0. The van der Waals surface area contributed by atoms with Crippen molar-refractivity contribution >= 4 is 17.4 Å². The standard InChI is InChI=1S/C16H22N4O/c1-12(13-9-17-10-13)16(21)19-14-5-6-15(18-11-14)20-7-3-2-4-8-20/h5-6,11,17H,2-4,7-10H2,1H3,(H,19,21). The predicted molar refractivity (Wildman–Crippen MR) is 84.5 cm³/mol. The van der Waals surface area contributed by atoms with Crippen molar-refractivity contribution in [3.8, 4) is 0 Å². The second-order valence-corrected chi connectivity index (χ2v) is 5.74. The summed E-state index contributed by atoms with van der Waals surface area (Å²) < 4.78 is 0. The van der Waals surface area contributed by atoms with Crippen molar-refractivity contribution in [2.75, 3.05) is 36.4 Å². The SMILES string of the molecule is CC(C(=O)Nc1ccc(N2CCCCC2)nc1)=C1CNC1. The number of anilines is 2. The number of rotatable bonds is 3. The lowest BCUT2D eigenvalue weighted by atomic mass is 10.0. The van der Waals surface area contributed by atoms with E-state index in [2.05, 4.69) is 20.5 Å². The summed E-state index contributed by atoms with van der Waals surface area (Å²) in [5.74, 6) is 0.977. The van der Waals surface area contributed by atoms with Gasteiger partial charge in [-0.05, 0) is 43.9 Å². The van der Waals surface area contributed by atoms with E-state index in [1.165, 1.54) is 24.8 Å². The smallest absolute Gasteiger partial charge is 0.251 e. The number of pyridine rings is 1. The zero-order valence-corrected chi connectivity index (χ0v) is 12.5. The highest BCUT2D eigenvalue weighted by Crippen LogP contribution is 2.19. The second kappa shape index (κ2) is 6.26. The number of hydrogen-bond acceptors (Lipinski definition) is 4. The first-order valence-electron chi connectivity index (χ1n) is 7.66. The van der Waals surface area contributed by atoms with Gasteiger partial charge in [0.2, 0.25) is 0 Å². The van der Waals surface area contributed by atoms with Gasteiger partial charge in [0.05, 0.1) is 11.9 Å². The molecular weight excluding hydrogens is 264 g/mol. The Hall–Kier alpha value is -1.88. The van der Waals surface area contributed by atoms with Crippen LogP contribution in [0, 0.1) is 0 Å². The van der Waals surface area contributed by atoms with E-state index < -0.39 is 0 Å². The molecule has 5 nitrogen and oxygen atoms in total. The van der Waals surface area contributed by atoms with E-state index >= 15 is 0 Å². The Kier molecular flexibility index (Phi) is 4.20. The van der Waals surface area contributed by atoms with E-state index in [0.29, 0.717) is 0 Å². The third kappa shape index (κ3) is 3.24. The maximum absolute atomic E-state index is 12.1. The van der Waals surface area contributed by atoms with E-state index in [9.17, 15) is 4.79 Å². The molecule has 2 aliphatic heterocycles. The number of amides is 1. The van der Waals surface area contributed by atoms with E-state index in [1.807, 2.05) is 19.1 Å². The summed E-state index contributed by atoms with van der Waals surface area (Å²) in [6.45, 7) is 5.69. The molecule has 2 aliphatic rings. The second-order valence-electron chi connectivity index (χ2n) is 5.74. The fourth-order valence-corrected chi connectivity index (χ4v) is 2.67. The molecule has 2 saturated heterocycles. The van der Waals surface area contributed by atoms with Gasteiger partial charge in [-0.1, -0.05) is 0 Å². The normalized spacial score (nSPS) is 18.1. The summed E-state index contributed by atoms with van der Waals surface area (Å²) in [5, 5.41) is 6.06. The molecule has 0 radical (unpaired) electrons. The van der Waals surface area contributed by atoms with Gasteiger partial charge >= 0.3 is 0 Å². The topological polar surface area (TPSA) is 57.3 Å². The lowest BCUT2D eigenvalue weighted by Gasteiger charge is -2.27. The summed E-state index contributed by atoms with van der Waals surface area (Å²) in [4.78, 5) is 18.9. The summed E-state index contributed by atoms with van der Waals surface area (Å²) in [6.07, 6.45) is 5.54. The van der Waals surface area contributed by atoms with Gasteiger partial charge < -0.3 is 15.5 Å². The summed E-state index contributed by atoms with van der Waals surface area (Å²) >= 11 is 0. The van der Waals surface area contributed by atoms with Crippen molar-refractivity contribution in [2.24, 2.45) is 0 Å². The molecular formula is C16H22N4O. The van der Waals surface area contributed by atoms with Crippen LogP contribution in [0.5, 0.6) is 0 Å². The van der Waals surface area contributed by atoms with E-state index in [-0.39, 0.29) is 5.91 Å². The lowest BCUT2D eigenvalue weighted by molar-refractivity contribution is -0.112. The lowest BCUT2D eigenvalue weighted by Crippen LogP contribution is -2.36. The molecule has 1 aromatic rings. The molecule has 2 N–H and O–H groups in total. The van der Waals surface area contributed by atoms with Crippen LogP contribution >= 0.6 is 0 Å². The van der Waals surface area contributed by atoms with E-state index in [0.717, 1.165) is 43.3 Å². The highest BCUT2D eigenvalue weighted by molar-refractivity contribution is 6.04. The third-order valence-electron chi connectivity index (χ3n) is 4.23. The molecule has 112 valence electrons. The first-order chi connectivity index (χ1) is 10.2. The van der Waals surface area contributed by atoms with Gasteiger partial charge in [0.15, 0.2) is 0 Å². The Labute approximate surface area is 125 Å². The zero-order chi connectivity index (χ0) is 14.7.